The Labute approximate surface area is 133 Å². The van der Waals surface area contributed by atoms with E-state index in [1.165, 1.54) is 0 Å². The van der Waals surface area contributed by atoms with Crippen LogP contribution in [0.5, 0.6) is 0 Å². The topological polar surface area (TPSA) is 53.6 Å². The van der Waals surface area contributed by atoms with E-state index in [0.29, 0.717) is 26.9 Å². The molecular formula is C14H17Cl2N3O2. The molecule has 7 heteroatoms. The van der Waals surface area contributed by atoms with Gasteiger partial charge in [-0.25, -0.2) is 5.01 Å². The smallest absolute Gasteiger partial charge is 0.266 e. The Morgan fingerprint density at radius 1 is 1.29 bits per heavy atom. The van der Waals surface area contributed by atoms with Gasteiger partial charge in [0.2, 0.25) is 0 Å². The second-order valence-corrected chi connectivity index (χ2v) is 6.21. The molecular weight excluding hydrogens is 313 g/mol. The highest BCUT2D eigenvalue weighted by Gasteiger charge is 2.40. The van der Waals surface area contributed by atoms with Crippen molar-refractivity contribution in [3.05, 3.63) is 39.4 Å². The fourth-order valence-electron chi connectivity index (χ4n) is 2.14. The highest BCUT2D eigenvalue weighted by Crippen LogP contribution is 2.39. The molecule has 2 N–H and O–H groups in total. The molecule has 0 spiro atoms. The van der Waals surface area contributed by atoms with Gasteiger partial charge in [-0.15, -0.1) is 0 Å². The maximum absolute atomic E-state index is 12.5. The van der Waals surface area contributed by atoms with Gasteiger partial charge in [0.15, 0.2) is 0 Å². The zero-order valence-corrected chi connectivity index (χ0v) is 13.8. The van der Waals surface area contributed by atoms with Crippen LogP contribution in [0.4, 0.5) is 0 Å². The number of carbonyl (C=O) groups excluding carboxylic acids is 1. The molecule has 1 heterocycles. The van der Waals surface area contributed by atoms with Crippen molar-refractivity contribution in [2.75, 3.05) is 14.1 Å². The molecule has 1 aromatic carbocycles. The number of hydrazine groups is 1. The lowest BCUT2D eigenvalue weighted by molar-refractivity contribution is -0.123. The highest BCUT2D eigenvalue weighted by atomic mass is 35.5. The van der Waals surface area contributed by atoms with Gasteiger partial charge in [-0.05, 0) is 26.0 Å². The third kappa shape index (κ3) is 3.16. The molecule has 1 aliphatic heterocycles. The van der Waals surface area contributed by atoms with E-state index in [0.717, 1.165) is 0 Å². The van der Waals surface area contributed by atoms with Gasteiger partial charge in [0.05, 0.1) is 21.3 Å². The van der Waals surface area contributed by atoms with Crippen LogP contribution in [0.1, 0.15) is 19.4 Å². The SMILES string of the molecule is CN(C)NC(=O)C1=C(c2c(Cl)cccc2Cl)NOC1(C)C. The lowest BCUT2D eigenvalue weighted by Crippen LogP contribution is -2.41. The van der Waals surface area contributed by atoms with Crippen molar-refractivity contribution >= 4 is 34.8 Å². The summed E-state index contributed by atoms with van der Waals surface area (Å²) in [5.74, 6) is -0.277. The molecule has 0 bridgehead atoms. The van der Waals surface area contributed by atoms with E-state index in [2.05, 4.69) is 10.9 Å². The molecule has 0 atom stereocenters. The van der Waals surface area contributed by atoms with Gasteiger partial charge in [-0.3, -0.25) is 20.5 Å². The van der Waals surface area contributed by atoms with Gasteiger partial charge >= 0.3 is 0 Å². The molecule has 0 aromatic heterocycles. The second-order valence-electron chi connectivity index (χ2n) is 5.40. The molecule has 0 saturated carbocycles. The predicted molar refractivity (Wildman–Crippen MR) is 83.5 cm³/mol. The van der Waals surface area contributed by atoms with E-state index in [1.807, 2.05) is 0 Å². The summed E-state index contributed by atoms with van der Waals surface area (Å²) in [5, 5.41) is 2.46. The standard InChI is InChI=1S/C14H17Cl2N3O2/c1-14(2)11(13(20)17-19(3)4)12(18-21-14)10-8(15)6-5-7-9(10)16/h5-7,18H,1-4H3,(H,17,20). The van der Waals surface area contributed by atoms with Crippen LogP contribution in [-0.4, -0.2) is 30.6 Å². The average molecular weight is 330 g/mol. The van der Waals surface area contributed by atoms with Crippen LogP contribution < -0.4 is 10.9 Å². The molecule has 1 aliphatic rings. The second kappa shape index (κ2) is 5.85. The molecule has 0 aliphatic carbocycles. The molecule has 1 amide bonds. The molecule has 0 unspecified atom stereocenters. The van der Waals surface area contributed by atoms with E-state index < -0.39 is 5.60 Å². The minimum atomic E-state index is -0.808. The van der Waals surface area contributed by atoms with Gasteiger partial charge in [0, 0.05) is 19.7 Å². The van der Waals surface area contributed by atoms with Gasteiger partial charge in [-0.1, -0.05) is 29.3 Å². The maximum atomic E-state index is 12.5. The first-order chi connectivity index (χ1) is 9.74. The van der Waals surface area contributed by atoms with E-state index in [1.54, 1.807) is 51.2 Å². The Kier molecular flexibility index (Phi) is 4.49. The molecule has 21 heavy (non-hydrogen) atoms. The number of hydrogen-bond donors (Lipinski definition) is 2. The van der Waals surface area contributed by atoms with E-state index >= 15 is 0 Å². The van der Waals surface area contributed by atoms with Crippen molar-refractivity contribution < 1.29 is 9.63 Å². The number of rotatable bonds is 3. The number of hydrogen-bond acceptors (Lipinski definition) is 4. The Bertz CT molecular complexity index is 592. The number of benzene rings is 1. The minimum Gasteiger partial charge on any atom is -0.285 e. The van der Waals surface area contributed by atoms with Crippen LogP contribution in [0.2, 0.25) is 10.0 Å². The highest BCUT2D eigenvalue weighted by molar-refractivity contribution is 6.37. The molecule has 0 saturated heterocycles. The van der Waals surface area contributed by atoms with E-state index in [-0.39, 0.29) is 5.91 Å². The Hall–Kier alpha value is -1.27. The van der Waals surface area contributed by atoms with Crippen molar-refractivity contribution in [3.8, 4) is 0 Å². The van der Waals surface area contributed by atoms with Crippen molar-refractivity contribution in [3.63, 3.8) is 0 Å². The molecule has 114 valence electrons. The van der Waals surface area contributed by atoms with Crippen molar-refractivity contribution in [1.29, 1.82) is 0 Å². The zero-order chi connectivity index (χ0) is 15.8. The normalized spacial score (nSPS) is 17.1. The van der Waals surface area contributed by atoms with Crippen LogP contribution in [0.25, 0.3) is 5.70 Å². The number of hydroxylamine groups is 1. The first-order valence-corrected chi connectivity index (χ1v) is 7.11. The quantitative estimate of drug-likeness (QED) is 0.837. The Morgan fingerprint density at radius 2 is 1.86 bits per heavy atom. The maximum Gasteiger partial charge on any atom is 0.266 e. The van der Waals surface area contributed by atoms with Crippen LogP contribution in [0.3, 0.4) is 0 Å². The van der Waals surface area contributed by atoms with E-state index in [9.17, 15) is 4.79 Å². The Balaban J connectivity index is 2.59. The summed E-state index contributed by atoms with van der Waals surface area (Å²) in [6.45, 7) is 3.59. The molecule has 5 nitrogen and oxygen atoms in total. The predicted octanol–water partition coefficient (Wildman–Crippen LogP) is 2.61. The Morgan fingerprint density at radius 3 is 2.38 bits per heavy atom. The third-order valence-corrected chi connectivity index (χ3v) is 3.66. The third-order valence-electron chi connectivity index (χ3n) is 3.03. The van der Waals surface area contributed by atoms with Crippen LogP contribution in [-0.2, 0) is 9.63 Å². The van der Waals surface area contributed by atoms with Crippen molar-refractivity contribution in [1.82, 2.24) is 15.9 Å². The molecule has 2 rings (SSSR count). The van der Waals surface area contributed by atoms with Gasteiger partial charge < -0.3 is 0 Å². The average Bonchev–Trinajstić information content (AvgIpc) is 2.64. The number of nitrogens with zero attached hydrogens (tertiary/aromatic N) is 1. The van der Waals surface area contributed by atoms with Crippen LogP contribution in [0, 0.1) is 0 Å². The van der Waals surface area contributed by atoms with Gasteiger partial charge in [-0.2, -0.15) is 0 Å². The number of amides is 1. The van der Waals surface area contributed by atoms with E-state index in [4.69, 9.17) is 28.0 Å². The van der Waals surface area contributed by atoms with Crippen molar-refractivity contribution in [2.45, 2.75) is 19.4 Å². The van der Waals surface area contributed by atoms with Crippen LogP contribution in [0.15, 0.2) is 23.8 Å². The first-order valence-electron chi connectivity index (χ1n) is 6.35. The minimum absolute atomic E-state index is 0.277. The number of nitrogens with one attached hydrogen (secondary N) is 2. The van der Waals surface area contributed by atoms with Gasteiger partial charge in [0.1, 0.15) is 5.60 Å². The fraction of sp³-hybridized carbons (Fsp3) is 0.357. The monoisotopic (exact) mass is 329 g/mol. The van der Waals surface area contributed by atoms with Crippen LogP contribution >= 0.6 is 23.2 Å². The molecule has 0 fully saturated rings. The molecule has 1 aromatic rings. The summed E-state index contributed by atoms with van der Waals surface area (Å²) in [7, 11) is 3.47. The van der Waals surface area contributed by atoms with Gasteiger partial charge in [0.25, 0.3) is 5.91 Å². The number of carbonyl (C=O) groups is 1. The fourth-order valence-corrected chi connectivity index (χ4v) is 2.73. The lowest BCUT2D eigenvalue weighted by atomic mass is 9.94. The summed E-state index contributed by atoms with van der Waals surface area (Å²) in [4.78, 5) is 18.0. The first kappa shape index (κ1) is 16.1. The summed E-state index contributed by atoms with van der Waals surface area (Å²) >= 11 is 12.4. The summed E-state index contributed by atoms with van der Waals surface area (Å²) in [6, 6.07) is 5.17. The summed E-state index contributed by atoms with van der Waals surface area (Å²) < 4.78 is 0. The molecule has 0 radical (unpaired) electrons. The zero-order valence-electron chi connectivity index (χ0n) is 12.3. The lowest BCUT2D eigenvalue weighted by Gasteiger charge is -2.21. The van der Waals surface area contributed by atoms with Crippen molar-refractivity contribution in [2.24, 2.45) is 0 Å². The summed E-state index contributed by atoms with van der Waals surface area (Å²) in [5.41, 5.74) is 6.15. The largest absolute Gasteiger partial charge is 0.285 e. The summed E-state index contributed by atoms with van der Waals surface area (Å²) in [6.07, 6.45) is 0. The number of halogens is 2.